The summed E-state index contributed by atoms with van der Waals surface area (Å²) in [5.74, 6) is 0.848. The quantitative estimate of drug-likeness (QED) is 0.871. The van der Waals surface area contributed by atoms with E-state index in [1.165, 1.54) is 0 Å². The summed E-state index contributed by atoms with van der Waals surface area (Å²) < 4.78 is 7.64. The molecular weight excluding hydrogens is 280 g/mol. The summed E-state index contributed by atoms with van der Waals surface area (Å²) in [6.07, 6.45) is 8.51. The fourth-order valence-electron chi connectivity index (χ4n) is 3.63. The van der Waals surface area contributed by atoms with Gasteiger partial charge in [0.05, 0.1) is 6.10 Å². The maximum atomic E-state index is 12.1. The van der Waals surface area contributed by atoms with Crippen LogP contribution in [0, 0.1) is 11.8 Å². The van der Waals surface area contributed by atoms with Gasteiger partial charge in [-0.2, -0.15) is 5.10 Å². The molecule has 2 N–H and O–H groups in total. The largest absolute Gasteiger partial charge is 0.378 e. The molecule has 2 heterocycles. The second-order valence-corrected chi connectivity index (χ2v) is 6.59. The van der Waals surface area contributed by atoms with Gasteiger partial charge in [-0.05, 0) is 37.7 Å². The van der Waals surface area contributed by atoms with Crippen molar-refractivity contribution in [2.24, 2.45) is 11.8 Å². The van der Waals surface area contributed by atoms with Crippen LogP contribution >= 0.6 is 0 Å². The van der Waals surface area contributed by atoms with Gasteiger partial charge >= 0.3 is 6.03 Å². The Balaban J connectivity index is 1.40. The summed E-state index contributed by atoms with van der Waals surface area (Å²) in [6, 6.07) is 2.13. The van der Waals surface area contributed by atoms with Crippen LogP contribution in [0.4, 0.5) is 4.79 Å². The molecule has 3 rings (SSSR count). The van der Waals surface area contributed by atoms with Gasteiger partial charge in [-0.1, -0.05) is 6.92 Å². The maximum absolute atomic E-state index is 12.1. The average molecular weight is 306 g/mol. The Hall–Kier alpha value is -1.56. The van der Waals surface area contributed by atoms with E-state index in [1.807, 2.05) is 16.9 Å². The van der Waals surface area contributed by atoms with E-state index >= 15 is 0 Å². The minimum atomic E-state index is -0.0511. The number of hydrogen-bond donors (Lipinski definition) is 2. The van der Waals surface area contributed by atoms with E-state index in [2.05, 4.69) is 22.7 Å². The number of rotatable bonds is 5. The van der Waals surface area contributed by atoms with Crippen LogP contribution in [-0.2, 0) is 11.3 Å². The summed E-state index contributed by atoms with van der Waals surface area (Å²) >= 11 is 0. The van der Waals surface area contributed by atoms with Crippen LogP contribution in [0.3, 0.4) is 0 Å². The van der Waals surface area contributed by atoms with Gasteiger partial charge in [-0.25, -0.2) is 4.79 Å². The zero-order valence-electron chi connectivity index (χ0n) is 13.2. The number of urea groups is 1. The summed E-state index contributed by atoms with van der Waals surface area (Å²) in [5, 5.41) is 10.3. The number of amides is 2. The van der Waals surface area contributed by atoms with Gasteiger partial charge in [0, 0.05) is 44.0 Å². The highest BCUT2D eigenvalue weighted by atomic mass is 16.5. The van der Waals surface area contributed by atoms with Crippen LogP contribution in [-0.4, -0.2) is 41.1 Å². The number of carbonyl (C=O) groups excluding carboxylic acids is 1. The highest BCUT2D eigenvalue weighted by molar-refractivity contribution is 5.74. The molecule has 1 saturated heterocycles. The molecule has 1 aliphatic carbocycles. The lowest BCUT2D eigenvalue weighted by Crippen LogP contribution is -2.49. The molecule has 22 heavy (non-hydrogen) atoms. The van der Waals surface area contributed by atoms with E-state index in [-0.39, 0.29) is 12.1 Å². The second-order valence-electron chi connectivity index (χ2n) is 6.59. The monoisotopic (exact) mass is 306 g/mol. The Morgan fingerprint density at radius 1 is 1.45 bits per heavy atom. The van der Waals surface area contributed by atoms with Crippen LogP contribution in [0.5, 0.6) is 0 Å². The molecule has 6 heteroatoms. The van der Waals surface area contributed by atoms with Crippen LogP contribution in [0.15, 0.2) is 18.5 Å². The fourth-order valence-corrected chi connectivity index (χ4v) is 3.63. The number of carbonyl (C=O) groups is 1. The third kappa shape index (κ3) is 3.80. The summed E-state index contributed by atoms with van der Waals surface area (Å²) in [4.78, 5) is 12.1. The van der Waals surface area contributed by atoms with Gasteiger partial charge in [0.1, 0.15) is 0 Å². The van der Waals surface area contributed by atoms with Gasteiger partial charge in [0.25, 0.3) is 0 Å². The van der Waals surface area contributed by atoms with E-state index in [4.69, 9.17) is 4.74 Å². The van der Waals surface area contributed by atoms with Crippen molar-refractivity contribution >= 4 is 6.03 Å². The van der Waals surface area contributed by atoms with E-state index in [9.17, 15) is 4.79 Å². The first kappa shape index (κ1) is 15.3. The normalized spacial score (nSPS) is 28.9. The standard InChI is InChI=1S/C16H26N4O2/c1-12(11-20-8-3-7-18-20)10-17-16(21)19-14-4-2-5-15-13(14)6-9-22-15/h3,7-8,12-15H,2,4-6,9-11H2,1H3,(H2,17,19,21). The molecule has 2 amide bonds. The highest BCUT2D eigenvalue weighted by Gasteiger charge is 2.38. The van der Waals surface area contributed by atoms with Crippen molar-refractivity contribution in [3.05, 3.63) is 18.5 Å². The zero-order chi connectivity index (χ0) is 15.4. The zero-order valence-corrected chi connectivity index (χ0v) is 13.2. The minimum absolute atomic E-state index is 0.0511. The van der Waals surface area contributed by atoms with Crippen molar-refractivity contribution < 1.29 is 9.53 Å². The average Bonchev–Trinajstić information content (AvgIpc) is 3.16. The molecule has 1 aliphatic heterocycles. The van der Waals surface area contributed by atoms with E-state index in [0.717, 1.165) is 38.8 Å². The number of hydrogen-bond acceptors (Lipinski definition) is 3. The molecule has 0 spiro atoms. The van der Waals surface area contributed by atoms with Gasteiger partial charge in [0.15, 0.2) is 0 Å². The fraction of sp³-hybridized carbons (Fsp3) is 0.750. The molecule has 0 radical (unpaired) electrons. The summed E-state index contributed by atoms with van der Waals surface area (Å²) in [6.45, 7) is 4.43. The summed E-state index contributed by atoms with van der Waals surface area (Å²) in [7, 11) is 0. The lowest BCUT2D eigenvalue weighted by molar-refractivity contribution is 0.0549. The van der Waals surface area contributed by atoms with Crippen LogP contribution < -0.4 is 10.6 Å². The van der Waals surface area contributed by atoms with E-state index in [1.54, 1.807) is 6.20 Å². The van der Waals surface area contributed by atoms with E-state index in [0.29, 0.717) is 24.5 Å². The molecule has 2 aliphatic rings. The lowest BCUT2D eigenvalue weighted by atomic mass is 9.82. The van der Waals surface area contributed by atoms with Crippen molar-refractivity contribution in [3.8, 4) is 0 Å². The number of fused-ring (bicyclic) bond motifs is 1. The molecule has 0 bridgehead atoms. The molecule has 0 aromatic carbocycles. The van der Waals surface area contributed by atoms with Gasteiger partial charge in [-0.3, -0.25) is 4.68 Å². The molecule has 122 valence electrons. The first-order chi connectivity index (χ1) is 10.7. The van der Waals surface area contributed by atoms with Crippen LogP contribution in [0.1, 0.15) is 32.6 Å². The van der Waals surface area contributed by atoms with Gasteiger partial charge in [0.2, 0.25) is 0 Å². The third-order valence-electron chi connectivity index (χ3n) is 4.77. The first-order valence-corrected chi connectivity index (χ1v) is 8.36. The van der Waals surface area contributed by atoms with Crippen LogP contribution in [0.2, 0.25) is 0 Å². The van der Waals surface area contributed by atoms with Gasteiger partial charge in [-0.15, -0.1) is 0 Å². The predicted octanol–water partition coefficient (Wildman–Crippen LogP) is 1.78. The molecule has 4 unspecified atom stereocenters. The third-order valence-corrected chi connectivity index (χ3v) is 4.77. The molecule has 1 aromatic heterocycles. The van der Waals surface area contributed by atoms with Crippen LogP contribution in [0.25, 0.3) is 0 Å². The predicted molar refractivity (Wildman–Crippen MR) is 83.4 cm³/mol. The van der Waals surface area contributed by atoms with E-state index < -0.39 is 0 Å². The van der Waals surface area contributed by atoms with Crippen molar-refractivity contribution in [1.29, 1.82) is 0 Å². The topological polar surface area (TPSA) is 68.2 Å². The van der Waals surface area contributed by atoms with Crippen molar-refractivity contribution in [1.82, 2.24) is 20.4 Å². The Morgan fingerprint density at radius 3 is 3.18 bits per heavy atom. The Kier molecular flexibility index (Phi) is 4.97. The maximum Gasteiger partial charge on any atom is 0.315 e. The number of aromatic nitrogens is 2. The van der Waals surface area contributed by atoms with Gasteiger partial charge < -0.3 is 15.4 Å². The molecule has 4 atom stereocenters. The number of nitrogens with zero attached hydrogens (tertiary/aromatic N) is 2. The number of nitrogens with one attached hydrogen (secondary N) is 2. The molecule has 2 fully saturated rings. The number of ether oxygens (including phenoxy) is 1. The lowest BCUT2D eigenvalue weighted by Gasteiger charge is -2.33. The van der Waals surface area contributed by atoms with Crippen molar-refractivity contribution in [2.75, 3.05) is 13.2 Å². The smallest absolute Gasteiger partial charge is 0.315 e. The Bertz CT molecular complexity index is 477. The summed E-state index contributed by atoms with van der Waals surface area (Å²) in [5.41, 5.74) is 0. The first-order valence-electron chi connectivity index (χ1n) is 8.36. The highest BCUT2D eigenvalue weighted by Crippen LogP contribution is 2.34. The SMILES string of the molecule is CC(CNC(=O)NC1CCCC2OCCC12)Cn1cccn1. The molecule has 1 aromatic rings. The molecule has 1 saturated carbocycles. The Labute approximate surface area is 131 Å². The Morgan fingerprint density at radius 2 is 2.36 bits per heavy atom. The van der Waals surface area contributed by atoms with Crippen molar-refractivity contribution in [3.63, 3.8) is 0 Å². The van der Waals surface area contributed by atoms with Crippen molar-refractivity contribution in [2.45, 2.75) is 51.3 Å². The second kappa shape index (κ2) is 7.13. The minimum Gasteiger partial charge on any atom is -0.378 e. The molecular formula is C16H26N4O2. The molecule has 6 nitrogen and oxygen atoms in total.